The van der Waals surface area contributed by atoms with Gasteiger partial charge in [-0.15, -0.1) is 0 Å². The Bertz CT molecular complexity index is 241. The van der Waals surface area contributed by atoms with Crippen LogP contribution in [0.2, 0.25) is 0 Å². The maximum atomic E-state index is 12.1. The highest BCUT2D eigenvalue weighted by Crippen LogP contribution is 2.22. The standard InChI is InChI=1S/C15H29NO2/c1-3-4-5-6-7-10-15(18)16-11-8-9-14(16)12-13(2)17/h13-14,17H,3-12H2,1-2H3. The molecule has 1 amide bonds. The summed E-state index contributed by atoms with van der Waals surface area (Å²) in [5.41, 5.74) is 0. The van der Waals surface area contributed by atoms with Crippen LogP contribution in [0, 0.1) is 0 Å². The van der Waals surface area contributed by atoms with Crippen LogP contribution in [0.25, 0.3) is 0 Å². The quantitative estimate of drug-likeness (QED) is 0.677. The highest BCUT2D eigenvalue weighted by atomic mass is 16.3. The summed E-state index contributed by atoms with van der Waals surface area (Å²) in [5, 5.41) is 9.45. The van der Waals surface area contributed by atoms with Crippen LogP contribution in [-0.4, -0.2) is 34.6 Å². The van der Waals surface area contributed by atoms with E-state index in [0.717, 1.165) is 32.2 Å². The molecule has 2 atom stereocenters. The van der Waals surface area contributed by atoms with Crippen molar-refractivity contribution in [2.24, 2.45) is 0 Å². The number of unbranched alkanes of at least 4 members (excludes halogenated alkanes) is 4. The summed E-state index contributed by atoms with van der Waals surface area (Å²) in [7, 11) is 0. The molecule has 1 aliphatic rings. The van der Waals surface area contributed by atoms with Crippen molar-refractivity contribution in [3.8, 4) is 0 Å². The van der Waals surface area contributed by atoms with Gasteiger partial charge in [-0.2, -0.15) is 0 Å². The Morgan fingerprint density at radius 3 is 2.72 bits per heavy atom. The average molecular weight is 255 g/mol. The van der Waals surface area contributed by atoms with E-state index in [1.54, 1.807) is 0 Å². The van der Waals surface area contributed by atoms with Crippen LogP contribution in [0.1, 0.15) is 71.6 Å². The molecule has 2 unspecified atom stereocenters. The van der Waals surface area contributed by atoms with E-state index in [0.29, 0.717) is 12.3 Å². The molecule has 0 spiro atoms. The second-order valence-electron chi connectivity index (χ2n) is 5.63. The molecule has 0 radical (unpaired) electrons. The van der Waals surface area contributed by atoms with E-state index in [2.05, 4.69) is 6.92 Å². The number of hydrogen-bond donors (Lipinski definition) is 1. The lowest BCUT2D eigenvalue weighted by Crippen LogP contribution is -2.37. The van der Waals surface area contributed by atoms with Gasteiger partial charge in [0.25, 0.3) is 0 Å². The third-order valence-electron chi connectivity index (χ3n) is 3.80. The molecule has 106 valence electrons. The summed E-state index contributed by atoms with van der Waals surface area (Å²) in [6.07, 6.45) is 9.27. The zero-order valence-electron chi connectivity index (χ0n) is 12.0. The molecule has 18 heavy (non-hydrogen) atoms. The number of likely N-dealkylation sites (tertiary alicyclic amines) is 1. The van der Waals surface area contributed by atoms with Gasteiger partial charge in [-0.3, -0.25) is 4.79 Å². The van der Waals surface area contributed by atoms with Gasteiger partial charge in [0.05, 0.1) is 6.10 Å². The van der Waals surface area contributed by atoms with E-state index >= 15 is 0 Å². The molecule has 1 fully saturated rings. The third-order valence-corrected chi connectivity index (χ3v) is 3.80. The molecular weight excluding hydrogens is 226 g/mol. The van der Waals surface area contributed by atoms with Gasteiger partial charge >= 0.3 is 0 Å². The highest BCUT2D eigenvalue weighted by molar-refractivity contribution is 5.76. The lowest BCUT2D eigenvalue weighted by molar-refractivity contribution is -0.132. The molecule has 0 aliphatic carbocycles. The van der Waals surface area contributed by atoms with E-state index in [1.807, 2.05) is 11.8 Å². The van der Waals surface area contributed by atoms with Crippen LogP contribution < -0.4 is 0 Å². The lowest BCUT2D eigenvalue weighted by Gasteiger charge is -2.25. The van der Waals surface area contributed by atoms with Crippen molar-refractivity contribution in [2.75, 3.05) is 6.54 Å². The van der Waals surface area contributed by atoms with Crippen molar-refractivity contribution >= 4 is 5.91 Å². The van der Waals surface area contributed by atoms with Crippen LogP contribution in [-0.2, 0) is 4.79 Å². The fourth-order valence-corrected chi connectivity index (χ4v) is 2.83. The second-order valence-corrected chi connectivity index (χ2v) is 5.63. The number of nitrogens with zero attached hydrogens (tertiary/aromatic N) is 1. The van der Waals surface area contributed by atoms with Crippen molar-refractivity contribution in [3.63, 3.8) is 0 Å². The molecule has 1 aliphatic heterocycles. The van der Waals surface area contributed by atoms with Crippen LogP contribution in [0.15, 0.2) is 0 Å². The van der Waals surface area contributed by atoms with Gasteiger partial charge < -0.3 is 10.0 Å². The Hall–Kier alpha value is -0.570. The normalized spacial score (nSPS) is 21.3. The second kappa shape index (κ2) is 8.52. The van der Waals surface area contributed by atoms with Crippen LogP contribution >= 0.6 is 0 Å². The number of amides is 1. The Morgan fingerprint density at radius 1 is 1.33 bits per heavy atom. The number of aliphatic hydroxyl groups excluding tert-OH is 1. The van der Waals surface area contributed by atoms with Gasteiger partial charge in [-0.25, -0.2) is 0 Å². The number of carbonyl (C=O) groups excluding carboxylic acids is 1. The van der Waals surface area contributed by atoms with Gasteiger partial charge in [0.15, 0.2) is 0 Å². The first-order valence-electron chi connectivity index (χ1n) is 7.62. The van der Waals surface area contributed by atoms with Gasteiger partial charge in [0.2, 0.25) is 5.91 Å². The predicted octanol–water partition coefficient (Wildman–Crippen LogP) is 3.11. The Balaban J connectivity index is 2.23. The predicted molar refractivity (Wildman–Crippen MR) is 74.4 cm³/mol. The number of carbonyl (C=O) groups is 1. The maximum absolute atomic E-state index is 12.1. The molecule has 0 bridgehead atoms. The van der Waals surface area contributed by atoms with Gasteiger partial charge in [-0.1, -0.05) is 32.6 Å². The first kappa shape index (κ1) is 15.5. The molecule has 1 N–H and O–H groups in total. The fraction of sp³-hybridized carbons (Fsp3) is 0.933. The molecule has 0 aromatic carbocycles. The molecule has 3 heteroatoms. The molecule has 3 nitrogen and oxygen atoms in total. The Morgan fingerprint density at radius 2 is 2.06 bits per heavy atom. The molecule has 1 heterocycles. The molecule has 1 rings (SSSR count). The summed E-state index contributed by atoms with van der Waals surface area (Å²) in [4.78, 5) is 14.1. The minimum absolute atomic E-state index is 0.285. The van der Waals surface area contributed by atoms with Crippen molar-refractivity contribution in [2.45, 2.75) is 83.8 Å². The number of hydrogen-bond acceptors (Lipinski definition) is 2. The molecule has 0 aromatic rings. The topological polar surface area (TPSA) is 40.5 Å². The first-order chi connectivity index (χ1) is 8.65. The largest absolute Gasteiger partial charge is 0.393 e. The molecular formula is C15H29NO2. The van der Waals surface area contributed by atoms with Crippen LogP contribution in [0.4, 0.5) is 0 Å². The molecule has 1 saturated heterocycles. The van der Waals surface area contributed by atoms with Crippen LogP contribution in [0.3, 0.4) is 0 Å². The van der Waals surface area contributed by atoms with E-state index in [1.165, 1.54) is 25.7 Å². The van der Waals surface area contributed by atoms with Crippen molar-refractivity contribution in [1.82, 2.24) is 4.90 Å². The van der Waals surface area contributed by atoms with E-state index in [4.69, 9.17) is 0 Å². The zero-order chi connectivity index (χ0) is 13.4. The number of rotatable bonds is 8. The minimum atomic E-state index is -0.298. The Kier molecular flexibility index (Phi) is 7.33. The molecule has 0 saturated carbocycles. The van der Waals surface area contributed by atoms with Crippen molar-refractivity contribution < 1.29 is 9.90 Å². The first-order valence-corrected chi connectivity index (χ1v) is 7.62. The van der Waals surface area contributed by atoms with Gasteiger partial charge in [0.1, 0.15) is 0 Å². The van der Waals surface area contributed by atoms with Crippen LogP contribution in [0.5, 0.6) is 0 Å². The molecule has 0 aromatic heterocycles. The summed E-state index contributed by atoms with van der Waals surface area (Å²) >= 11 is 0. The maximum Gasteiger partial charge on any atom is 0.222 e. The summed E-state index contributed by atoms with van der Waals surface area (Å²) in [6.45, 7) is 4.91. The summed E-state index contributed by atoms with van der Waals surface area (Å²) in [5.74, 6) is 0.301. The lowest BCUT2D eigenvalue weighted by atomic mass is 10.1. The average Bonchev–Trinajstić information content (AvgIpc) is 2.76. The van der Waals surface area contributed by atoms with E-state index < -0.39 is 0 Å². The van der Waals surface area contributed by atoms with Gasteiger partial charge in [-0.05, 0) is 32.6 Å². The smallest absolute Gasteiger partial charge is 0.222 e. The van der Waals surface area contributed by atoms with E-state index in [-0.39, 0.29) is 12.1 Å². The highest BCUT2D eigenvalue weighted by Gasteiger charge is 2.28. The minimum Gasteiger partial charge on any atom is -0.393 e. The SMILES string of the molecule is CCCCCCCC(=O)N1CCCC1CC(C)O. The van der Waals surface area contributed by atoms with Crippen molar-refractivity contribution in [3.05, 3.63) is 0 Å². The van der Waals surface area contributed by atoms with Crippen molar-refractivity contribution in [1.29, 1.82) is 0 Å². The number of aliphatic hydroxyl groups is 1. The summed E-state index contributed by atoms with van der Waals surface area (Å²) in [6, 6.07) is 0.285. The third kappa shape index (κ3) is 5.38. The van der Waals surface area contributed by atoms with Gasteiger partial charge in [0, 0.05) is 19.0 Å². The fourth-order valence-electron chi connectivity index (χ4n) is 2.83. The van der Waals surface area contributed by atoms with E-state index in [9.17, 15) is 9.90 Å². The summed E-state index contributed by atoms with van der Waals surface area (Å²) < 4.78 is 0. The Labute approximate surface area is 112 Å². The monoisotopic (exact) mass is 255 g/mol. The zero-order valence-corrected chi connectivity index (χ0v) is 12.0.